The molecule has 112 valence electrons. The van der Waals surface area contributed by atoms with Crippen LogP contribution in [-0.4, -0.2) is 39.5 Å². The van der Waals surface area contributed by atoms with Gasteiger partial charge in [-0.3, -0.25) is 0 Å². The summed E-state index contributed by atoms with van der Waals surface area (Å²) in [6.45, 7) is 10.2. The fourth-order valence-corrected chi connectivity index (χ4v) is 2.51. The Hall–Kier alpha value is -1.14. The summed E-state index contributed by atoms with van der Waals surface area (Å²) < 4.78 is 5.46. The number of nitrogens with zero attached hydrogens (tertiary/aromatic N) is 2. The molecule has 0 radical (unpaired) electrons. The SMILES string of the molecule is Cc1nc(C(C)C)nc(SCCOC(C)C)c1C(=O)O. The molecule has 1 heterocycles. The number of ether oxygens (including phenoxy) is 1. The van der Waals surface area contributed by atoms with Crippen LogP contribution in [0, 0.1) is 6.92 Å². The molecule has 0 aliphatic rings. The minimum Gasteiger partial charge on any atom is -0.478 e. The van der Waals surface area contributed by atoms with Crippen molar-refractivity contribution in [2.24, 2.45) is 0 Å². The van der Waals surface area contributed by atoms with Gasteiger partial charge in [0.05, 0.1) is 18.4 Å². The van der Waals surface area contributed by atoms with Crippen molar-refractivity contribution >= 4 is 17.7 Å². The molecule has 0 saturated carbocycles. The van der Waals surface area contributed by atoms with E-state index in [1.807, 2.05) is 27.7 Å². The first kappa shape index (κ1) is 16.9. The second kappa shape index (κ2) is 7.59. The maximum Gasteiger partial charge on any atom is 0.340 e. The molecule has 0 fully saturated rings. The van der Waals surface area contributed by atoms with Crippen LogP contribution >= 0.6 is 11.8 Å². The summed E-state index contributed by atoms with van der Waals surface area (Å²) in [5, 5.41) is 9.82. The van der Waals surface area contributed by atoms with Crippen molar-refractivity contribution in [2.45, 2.75) is 51.7 Å². The predicted octanol–water partition coefficient (Wildman–Crippen LogP) is 3.12. The van der Waals surface area contributed by atoms with Crippen LogP contribution in [0.5, 0.6) is 0 Å². The van der Waals surface area contributed by atoms with E-state index in [0.29, 0.717) is 28.9 Å². The third-order valence-electron chi connectivity index (χ3n) is 2.58. The van der Waals surface area contributed by atoms with Gasteiger partial charge in [-0.25, -0.2) is 14.8 Å². The van der Waals surface area contributed by atoms with Gasteiger partial charge in [0.2, 0.25) is 0 Å². The van der Waals surface area contributed by atoms with Gasteiger partial charge < -0.3 is 9.84 Å². The third kappa shape index (κ3) is 4.76. The molecular formula is C14H22N2O3S. The Balaban J connectivity index is 2.93. The Morgan fingerprint density at radius 3 is 2.45 bits per heavy atom. The zero-order valence-corrected chi connectivity index (χ0v) is 13.5. The number of hydrogen-bond acceptors (Lipinski definition) is 5. The second-order valence-corrected chi connectivity index (χ2v) is 6.16. The third-order valence-corrected chi connectivity index (χ3v) is 3.52. The summed E-state index contributed by atoms with van der Waals surface area (Å²) in [5.74, 6) is 0.541. The predicted molar refractivity (Wildman–Crippen MR) is 79.6 cm³/mol. The molecule has 0 spiro atoms. The average Bonchev–Trinajstić information content (AvgIpc) is 2.33. The standard InChI is InChI=1S/C14H22N2O3S/c1-8(2)12-15-10(5)11(14(17)18)13(16-12)20-7-6-19-9(3)4/h8-9H,6-7H2,1-5H3,(H,17,18). The van der Waals surface area contributed by atoms with Gasteiger partial charge >= 0.3 is 5.97 Å². The van der Waals surface area contributed by atoms with Crippen LogP contribution in [0.15, 0.2) is 5.03 Å². The number of aromatic carboxylic acids is 1. The van der Waals surface area contributed by atoms with E-state index in [0.717, 1.165) is 0 Å². The summed E-state index contributed by atoms with van der Waals surface area (Å²) in [4.78, 5) is 20.0. The van der Waals surface area contributed by atoms with Crippen molar-refractivity contribution in [1.29, 1.82) is 0 Å². The summed E-state index contributed by atoms with van der Waals surface area (Å²) in [6.07, 6.45) is 0.174. The highest BCUT2D eigenvalue weighted by Gasteiger charge is 2.19. The van der Waals surface area contributed by atoms with Crippen molar-refractivity contribution in [3.8, 4) is 0 Å². The molecule has 5 nitrogen and oxygen atoms in total. The topological polar surface area (TPSA) is 72.3 Å². The molecule has 0 unspecified atom stereocenters. The van der Waals surface area contributed by atoms with Gasteiger partial charge in [0.25, 0.3) is 0 Å². The fraction of sp³-hybridized carbons (Fsp3) is 0.643. The lowest BCUT2D eigenvalue weighted by Crippen LogP contribution is -2.12. The Bertz CT molecular complexity index is 476. The number of aromatic nitrogens is 2. The molecule has 1 aromatic rings. The lowest BCUT2D eigenvalue weighted by atomic mass is 10.2. The van der Waals surface area contributed by atoms with E-state index < -0.39 is 5.97 Å². The first-order chi connectivity index (χ1) is 9.32. The van der Waals surface area contributed by atoms with Gasteiger partial charge in [0, 0.05) is 11.7 Å². The number of carbonyl (C=O) groups is 1. The Kier molecular flexibility index (Phi) is 6.42. The molecule has 1 N–H and O–H groups in total. The minimum absolute atomic E-state index is 0.169. The first-order valence-electron chi connectivity index (χ1n) is 6.69. The number of rotatable bonds is 7. The largest absolute Gasteiger partial charge is 0.478 e. The summed E-state index contributed by atoms with van der Waals surface area (Å²) in [6, 6.07) is 0. The highest BCUT2D eigenvalue weighted by Crippen LogP contribution is 2.24. The fourth-order valence-electron chi connectivity index (χ4n) is 1.60. The molecule has 0 amide bonds. The van der Waals surface area contributed by atoms with E-state index in [2.05, 4.69) is 9.97 Å². The average molecular weight is 298 g/mol. The number of aryl methyl sites for hydroxylation is 1. The molecule has 1 rings (SSSR count). The lowest BCUT2D eigenvalue weighted by Gasteiger charge is -2.12. The number of carboxylic acids is 1. The number of carboxylic acid groups (broad SMARTS) is 1. The Morgan fingerprint density at radius 2 is 1.95 bits per heavy atom. The van der Waals surface area contributed by atoms with E-state index in [9.17, 15) is 9.90 Å². The van der Waals surface area contributed by atoms with Crippen LogP contribution < -0.4 is 0 Å². The smallest absolute Gasteiger partial charge is 0.340 e. The van der Waals surface area contributed by atoms with Crippen LogP contribution in [0.2, 0.25) is 0 Å². The maximum atomic E-state index is 11.3. The zero-order chi connectivity index (χ0) is 15.3. The van der Waals surface area contributed by atoms with Gasteiger partial charge in [-0.2, -0.15) is 0 Å². The monoisotopic (exact) mass is 298 g/mol. The van der Waals surface area contributed by atoms with Crippen LogP contribution in [0.3, 0.4) is 0 Å². The maximum absolute atomic E-state index is 11.3. The van der Waals surface area contributed by atoms with E-state index in [4.69, 9.17) is 4.74 Å². The molecular weight excluding hydrogens is 276 g/mol. The van der Waals surface area contributed by atoms with E-state index in [-0.39, 0.29) is 17.6 Å². The van der Waals surface area contributed by atoms with Crippen molar-refractivity contribution in [2.75, 3.05) is 12.4 Å². The van der Waals surface area contributed by atoms with Gasteiger partial charge in [-0.1, -0.05) is 13.8 Å². The Morgan fingerprint density at radius 1 is 1.30 bits per heavy atom. The van der Waals surface area contributed by atoms with Gasteiger partial charge in [-0.15, -0.1) is 11.8 Å². The van der Waals surface area contributed by atoms with Gasteiger partial charge in [-0.05, 0) is 20.8 Å². The van der Waals surface area contributed by atoms with E-state index in [1.165, 1.54) is 11.8 Å². The van der Waals surface area contributed by atoms with Crippen LogP contribution in [0.4, 0.5) is 0 Å². The molecule has 0 bridgehead atoms. The molecule has 0 aliphatic heterocycles. The zero-order valence-electron chi connectivity index (χ0n) is 12.6. The lowest BCUT2D eigenvalue weighted by molar-refractivity contribution is 0.0690. The van der Waals surface area contributed by atoms with Crippen LogP contribution in [0.1, 0.15) is 55.5 Å². The Labute approximate surface area is 124 Å². The van der Waals surface area contributed by atoms with Gasteiger partial charge in [0.15, 0.2) is 0 Å². The van der Waals surface area contributed by atoms with Crippen molar-refractivity contribution in [3.63, 3.8) is 0 Å². The van der Waals surface area contributed by atoms with Crippen molar-refractivity contribution < 1.29 is 14.6 Å². The van der Waals surface area contributed by atoms with Crippen molar-refractivity contribution in [3.05, 3.63) is 17.1 Å². The quantitative estimate of drug-likeness (QED) is 0.474. The van der Waals surface area contributed by atoms with Gasteiger partial charge in [0.1, 0.15) is 16.4 Å². The molecule has 20 heavy (non-hydrogen) atoms. The molecule has 0 aromatic carbocycles. The molecule has 1 aromatic heterocycles. The second-order valence-electron chi connectivity index (χ2n) is 5.08. The highest BCUT2D eigenvalue weighted by atomic mass is 32.2. The van der Waals surface area contributed by atoms with E-state index in [1.54, 1.807) is 6.92 Å². The number of thioether (sulfide) groups is 1. The van der Waals surface area contributed by atoms with Crippen LogP contribution in [0.25, 0.3) is 0 Å². The van der Waals surface area contributed by atoms with Crippen molar-refractivity contribution in [1.82, 2.24) is 9.97 Å². The highest BCUT2D eigenvalue weighted by molar-refractivity contribution is 7.99. The van der Waals surface area contributed by atoms with Crippen LogP contribution in [-0.2, 0) is 4.74 Å². The summed E-state index contributed by atoms with van der Waals surface area (Å²) >= 11 is 1.41. The number of hydrogen-bond donors (Lipinski definition) is 1. The summed E-state index contributed by atoms with van der Waals surface area (Å²) in [5.41, 5.74) is 0.715. The molecule has 6 heteroatoms. The molecule has 0 atom stereocenters. The summed E-state index contributed by atoms with van der Waals surface area (Å²) in [7, 11) is 0. The minimum atomic E-state index is -0.981. The van der Waals surface area contributed by atoms with E-state index >= 15 is 0 Å². The normalized spacial score (nSPS) is 11.3. The first-order valence-corrected chi connectivity index (χ1v) is 7.67. The molecule has 0 saturated heterocycles. The molecule has 0 aliphatic carbocycles.